The largest absolute Gasteiger partial charge is 0.444 e. The minimum Gasteiger partial charge on any atom is -0.444 e. The Kier molecular flexibility index (Phi) is 16.7. The number of rotatable bonds is 10. The lowest BCUT2D eigenvalue weighted by molar-refractivity contribution is 0.0529. The molecule has 144 valence electrons. The minimum atomic E-state index is -0.478. The van der Waals surface area contributed by atoms with Crippen molar-refractivity contribution in [2.75, 3.05) is 39.9 Å². The average Bonchev–Trinajstić information content (AvgIpc) is 2.46. The number of ether oxygens (including phenoxy) is 2. The van der Waals surface area contributed by atoms with Crippen LogP contribution < -0.4 is 16.0 Å². The molecule has 0 saturated heterocycles. The summed E-state index contributed by atoms with van der Waals surface area (Å²) in [4.78, 5) is 15.6. The van der Waals surface area contributed by atoms with Gasteiger partial charge in [-0.1, -0.05) is 13.3 Å². The molecule has 24 heavy (non-hydrogen) atoms. The number of nitrogens with one attached hydrogen (secondary N) is 3. The first-order chi connectivity index (χ1) is 10.9. The van der Waals surface area contributed by atoms with Crippen molar-refractivity contribution < 1.29 is 14.3 Å². The second-order valence-electron chi connectivity index (χ2n) is 6.17. The van der Waals surface area contributed by atoms with Gasteiger partial charge in [-0.05, 0) is 33.6 Å². The Balaban J connectivity index is 0. The molecule has 7 nitrogen and oxygen atoms in total. The van der Waals surface area contributed by atoms with Crippen molar-refractivity contribution in [1.29, 1.82) is 0 Å². The Hall–Kier alpha value is -0.770. The summed E-state index contributed by atoms with van der Waals surface area (Å²) >= 11 is 0. The van der Waals surface area contributed by atoms with Gasteiger partial charge in [0.05, 0.1) is 0 Å². The monoisotopic (exact) mass is 458 g/mol. The molecule has 0 rings (SSSR count). The summed E-state index contributed by atoms with van der Waals surface area (Å²) < 4.78 is 10.6. The molecular formula is C16H35IN4O3. The highest BCUT2D eigenvalue weighted by Crippen LogP contribution is 2.05. The molecule has 1 amide bonds. The normalized spacial score (nSPS) is 11.5. The zero-order valence-electron chi connectivity index (χ0n) is 15.7. The molecule has 0 aliphatic carbocycles. The van der Waals surface area contributed by atoms with Crippen molar-refractivity contribution in [3.8, 4) is 0 Å². The number of amides is 1. The lowest BCUT2D eigenvalue weighted by Gasteiger charge is -2.19. The van der Waals surface area contributed by atoms with Crippen LogP contribution in [0.1, 0.15) is 47.0 Å². The molecule has 0 unspecified atom stereocenters. The number of halogens is 1. The van der Waals surface area contributed by atoms with Crippen LogP contribution in [0.15, 0.2) is 4.99 Å². The van der Waals surface area contributed by atoms with E-state index in [9.17, 15) is 4.79 Å². The van der Waals surface area contributed by atoms with Gasteiger partial charge in [-0.25, -0.2) is 4.79 Å². The van der Waals surface area contributed by atoms with Gasteiger partial charge in [0.15, 0.2) is 5.96 Å². The maximum atomic E-state index is 11.5. The molecule has 0 aliphatic rings. The smallest absolute Gasteiger partial charge is 0.407 e. The second kappa shape index (κ2) is 15.7. The summed E-state index contributed by atoms with van der Waals surface area (Å²) in [6, 6.07) is 0. The van der Waals surface area contributed by atoms with E-state index in [1.165, 1.54) is 0 Å². The van der Waals surface area contributed by atoms with Crippen LogP contribution in [0, 0.1) is 0 Å². The molecule has 0 bridgehead atoms. The predicted octanol–water partition coefficient (Wildman–Crippen LogP) is 2.50. The Bertz CT molecular complexity index is 347. The summed E-state index contributed by atoms with van der Waals surface area (Å²) in [7, 11) is 1.72. The average molecular weight is 458 g/mol. The molecule has 0 atom stereocenters. The topological polar surface area (TPSA) is 84.0 Å². The van der Waals surface area contributed by atoms with E-state index in [1.807, 2.05) is 20.8 Å². The maximum Gasteiger partial charge on any atom is 0.407 e. The molecular weight excluding hydrogens is 423 g/mol. The molecule has 0 aromatic rings. The number of aliphatic imine (C=N–C) groups is 1. The Labute approximate surface area is 163 Å². The van der Waals surface area contributed by atoms with Crippen molar-refractivity contribution in [2.45, 2.75) is 52.6 Å². The third-order valence-electron chi connectivity index (χ3n) is 2.71. The van der Waals surface area contributed by atoms with E-state index in [2.05, 4.69) is 27.9 Å². The maximum absolute atomic E-state index is 11.5. The highest BCUT2D eigenvalue weighted by molar-refractivity contribution is 14.0. The Morgan fingerprint density at radius 1 is 1.00 bits per heavy atom. The molecule has 0 spiro atoms. The van der Waals surface area contributed by atoms with Crippen LogP contribution in [0.4, 0.5) is 4.79 Å². The lowest BCUT2D eigenvalue weighted by Crippen LogP contribution is -2.42. The van der Waals surface area contributed by atoms with Gasteiger partial charge in [0, 0.05) is 39.9 Å². The van der Waals surface area contributed by atoms with Crippen LogP contribution in [0.2, 0.25) is 0 Å². The van der Waals surface area contributed by atoms with Crippen molar-refractivity contribution in [1.82, 2.24) is 16.0 Å². The fourth-order valence-corrected chi connectivity index (χ4v) is 1.61. The van der Waals surface area contributed by atoms with Crippen LogP contribution in [0.3, 0.4) is 0 Å². The number of hydrogen-bond acceptors (Lipinski definition) is 4. The van der Waals surface area contributed by atoms with Gasteiger partial charge in [0.25, 0.3) is 0 Å². The number of hydrogen-bond donors (Lipinski definition) is 3. The van der Waals surface area contributed by atoms with Crippen LogP contribution in [-0.4, -0.2) is 57.5 Å². The third kappa shape index (κ3) is 17.6. The van der Waals surface area contributed by atoms with Crippen molar-refractivity contribution >= 4 is 36.0 Å². The summed E-state index contributed by atoms with van der Waals surface area (Å²) in [5, 5.41) is 9.02. The molecule has 0 aliphatic heterocycles. The molecule has 0 aromatic heterocycles. The van der Waals surface area contributed by atoms with E-state index in [4.69, 9.17) is 9.47 Å². The zero-order chi connectivity index (χ0) is 17.6. The van der Waals surface area contributed by atoms with E-state index in [1.54, 1.807) is 7.05 Å². The van der Waals surface area contributed by atoms with E-state index < -0.39 is 11.7 Å². The highest BCUT2D eigenvalue weighted by Gasteiger charge is 2.15. The number of alkyl carbamates (subject to hydrolysis) is 1. The van der Waals surface area contributed by atoms with E-state index in [-0.39, 0.29) is 24.0 Å². The van der Waals surface area contributed by atoms with Crippen molar-refractivity contribution in [2.24, 2.45) is 4.99 Å². The number of nitrogens with zero attached hydrogens (tertiary/aromatic N) is 1. The molecule has 3 N–H and O–H groups in total. The Morgan fingerprint density at radius 2 is 1.58 bits per heavy atom. The van der Waals surface area contributed by atoms with Crippen LogP contribution in [0.25, 0.3) is 0 Å². The fraction of sp³-hybridized carbons (Fsp3) is 0.875. The van der Waals surface area contributed by atoms with Gasteiger partial charge in [-0.15, -0.1) is 24.0 Å². The first-order valence-corrected chi connectivity index (χ1v) is 8.38. The van der Waals surface area contributed by atoms with E-state index >= 15 is 0 Å². The van der Waals surface area contributed by atoms with Gasteiger partial charge in [0.1, 0.15) is 5.60 Å². The SMILES string of the molecule is CCCCOCCCNC(=NC)NCCNC(=O)OC(C)(C)C.I. The van der Waals surface area contributed by atoms with Gasteiger partial charge in [0.2, 0.25) is 0 Å². The third-order valence-corrected chi connectivity index (χ3v) is 2.71. The van der Waals surface area contributed by atoms with Crippen molar-refractivity contribution in [3.63, 3.8) is 0 Å². The molecule has 0 radical (unpaired) electrons. The molecule has 0 saturated carbocycles. The molecule has 0 fully saturated rings. The first kappa shape index (κ1) is 25.5. The Morgan fingerprint density at radius 3 is 2.17 bits per heavy atom. The minimum absolute atomic E-state index is 0. The quantitative estimate of drug-likeness (QED) is 0.203. The van der Waals surface area contributed by atoms with Gasteiger partial charge < -0.3 is 25.4 Å². The number of unbranched alkanes of at least 4 members (excludes halogenated alkanes) is 1. The number of carbonyl (C=O) groups is 1. The summed E-state index contributed by atoms with van der Waals surface area (Å²) in [5.41, 5.74) is -0.478. The zero-order valence-corrected chi connectivity index (χ0v) is 18.1. The number of carbonyl (C=O) groups excluding carboxylic acids is 1. The first-order valence-electron chi connectivity index (χ1n) is 8.38. The van der Waals surface area contributed by atoms with E-state index in [0.29, 0.717) is 19.0 Å². The molecule has 0 aromatic carbocycles. The summed E-state index contributed by atoms with van der Waals surface area (Å²) in [6.45, 7) is 11.1. The van der Waals surface area contributed by atoms with Gasteiger partial charge in [-0.3, -0.25) is 4.99 Å². The van der Waals surface area contributed by atoms with E-state index in [0.717, 1.165) is 39.0 Å². The van der Waals surface area contributed by atoms with Crippen LogP contribution in [-0.2, 0) is 9.47 Å². The van der Waals surface area contributed by atoms with Gasteiger partial charge >= 0.3 is 6.09 Å². The highest BCUT2D eigenvalue weighted by atomic mass is 127. The number of guanidine groups is 1. The van der Waals surface area contributed by atoms with Crippen LogP contribution in [0.5, 0.6) is 0 Å². The second-order valence-corrected chi connectivity index (χ2v) is 6.17. The summed E-state index contributed by atoms with van der Waals surface area (Å²) in [5.74, 6) is 0.713. The van der Waals surface area contributed by atoms with Crippen LogP contribution >= 0.6 is 24.0 Å². The standard InChI is InChI=1S/C16H34N4O3.HI/c1-6-7-12-22-13-8-9-18-14(17-5)19-10-11-20-15(21)23-16(2,3)4;/h6-13H2,1-5H3,(H,20,21)(H2,17,18,19);1H. The van der Waals surface area contributed by atoms with Crippen molar-refractivity contribution in [3.05, 3.63) is 0 Å². The fourth-order valence-electron chi connectivity index (χ4n) is 1.61. The lowest BCUT2D eigenvalue weighted by atomic mass is 10.2. The summed E-state index contributed by atoms with van der Waals surface area (Å²) in [6.07, 6.45) is 2.79. The predicted molar refractivity (Wildman–Crippen MR) is 109 cm³/mol. The van der Waals surface area contributed by atoms with Gasteiger partial charge in [-0.2, -0.15) is 0 Å². The molecule has 8 heteroatoms. The molecule has 0 heterocycles.